The van der Waals surface area contributed by atoms with Gasteiger partial charge in [-0.3, -0.25) is 0 Å². The third-order valence-electron chi connectivity index (χ3n) is 3.68. The third-order valence-corrected chi connectivity index (χ3v) is 5.51. The Kier molecular flexibility index (Phi) is 3.48. The summed E-state index contributed by atoms with van der Waals surface area (Å²) in [6, 6.07) is 5.12. The lowest BCUT2D eigenvalue weighted by atomic mass is 10.2. The summed E-state index contributed by atoms with van der Waals surface area (Å²) in [4.78, 5) is 0.350. The summed E-state index contributed by atoms with van der Waals surface area (Å²) in [7, 11) is -3.45. The highest BCUT2D eigenvalue weighted by Gasteiger charge is 2.32. The number of sulfonamides is 1. The SMILES string of the molecule is C[C@@H]1CN(S(=O)(=O)c2ccc3c(c2)CCO3)C[C@H](C)O1. The lowest BCUT2D eigenvalue weighted by Crippen LogP contribution is -2.48. The molecular weight excluding hydrogens is 278 g/mol. The number of rotatable bonds is 2. The van der Waals surface area contributed by atoms with Gasteiger partial charge in [0.1, 0.15) is 5.75 Å². The first kappa shape index (κ1) is 13.9. The molecule has 2 aliphatic rings. The lowest BCUT2D eigenvalue weighted by molar-refractivity contribution is -0.0440. The van der Waals surface area contributed by atoms with Crippen LogP contribution in [0.5, 0.6) is 5.75 Å². The van der Waals surface area contributed by atoms with E-state index in [0.29, 0.717) is 24.6 Å². The Balaban J connectivity index is 1.91. The van der Waals surface area contributed by atoms with Gasteiger partial charge in [0.25, 0.3) is 0 Å². The van der Waals surface area contributed by atoms with Gasteiger partial charge < -0.3 is 9.47 Å². The van der Waals surface area contributed by atoms with Crippen molar-refractivity contribution in [3.05, 3.63) is 23.8 Å². The predicted molar refractivity (Wildman–Crippen MR) is 74.4 cm³/mol. The molecule has 2 atom stereocenters. The molecule has 0 aromatic heterocycles. The van der Waals surface area contributed by atoms with Gasteiger partial charge in [0.15, 0.2) is 0 Å². The van der Waals surface area contributed by atoms with Crippen LogP contribution in [0.15, 0.2) is 23.1 Å². The van der Waals surface area contributed by atoms with Crippen LogP contribution in [-0.4, -0.2) is 44.6 Å². The lowest BCUT2D eigenvalue weighted by Gasteiger charge is -2.34. The molecule has 0 unspecified atom stereocenters. The maximum atomic E-state index is 12.7. The third kappa shape index (κ3) is 2.43. The molecule has 0 N–H and O–H groups in total. The van der Waals surface area contributed by atoms with Crippen molar-refractivity contribution in [3.63, 3.8) is 0 Å². The number of hydrogen-bond acceptors (Lipinski definition) is 4. The topological polar surface area (TPSA) is 55.8 Å². The van der Waals surface area contributed by atoms with Gasteiger partial charge in [-0.15, -0.1) is 0 Å². The Labute approximate surface area is 119 Å². The van der Waals surface area contributed by atoms with Crippen LogP contribution in [-0.2, 0) is 21.2 Å². The van der Waals surface area contributed by atoms with E-state index in [2.05, 4.69) is 0 Å². The summed E-state index contributed by atoms with van der Waals surface area (Å²) in [5.41, 5.74) is 0.973. The van der Waals surface area contributed by atoms with E-state index in [1.165, 1.54) is 4.31 Å². The Bertz CT molecular complexity index is 604. The summed E-state index contributed by atoms with van der Waals surface area (Å²) >= 11 is 0. The average Bonchev–Trinajstić information content (AvgIpc) is 2.84. The fourth-order valence-electron chi connectivity index (χ4n) is 2.80. The molecule has 6 heteroatoms. The first-order chi connectivity index (χ1) is 9.46. The van der Waals surface area contributed by atoms with Crippen LogP contribution in [0, 0.1) is 0 Å². The maximum Gasteiger partial charge on any atom is 0.243 e. The van der Waals surface area contributed by atoms with Crippen molar-refractivity contribution in [1.82, 2.24) is 4.31 Å². The number of nitrogens with zero attached hydrogens (tertiary/aromatic N) is 1. The van der Waals surface area contributed by atoms with Crippen molar-refractivity contribution < 1.29 is 17.9 Å². The second-order valence-corrected chi connectivity index (χ2v) is 7.39. The minimum absolute atomic E-state index is 0.0775. The maximum absolute atomic E-state index is 12.7. The van der Waals surface area contributed by atoms with Gasteiger partial charge >= 0.3 is 0 Å². The van der Waals surface area contributed by atoms with Gasteiger partial charge in [0.2, 0.25) is 10.0 Å². The molecule has 1 aromatic rings. The van der Waals surface area contributed by atoms with Crippen molar-refractivity contribution in [2.45, 2.75) is 37.4 Å². The van der Waals surface area contributed by atoms with Crippen molar-refractivity contribution in [2.24, 2.45) is 0 Å². The number of morpholine rings is 1. The molecule has 0 amide bonds. The fourth-order valence-corrected chi connectivity index (χ4v) is 4.44. The zero-order chi connectivity index (χ0) is 14.3. The second-order valence-electron chi connectivity index (χ2n) is 5.45. The highest BCUT2D eigenvalue weighted by molar-refractivity contribution is 7.89. The van der Waals surface area contributed by atoms with E-state index in [0.717, 1.165) is 17.7 Å². The summed E-state index contributed by atoms with van der Waals surface area (Å²) < 4.78 is 37.9. The van der Waals surface area contributed by atoms with Crippen LogP contribution >= 0.6 is 0 Å². The van der Waals surface area contributed by atoms with Crippen LogP contribution in [0.3, 0.4) is 0 Å². The number of benzene rings is 1. The largest absolute Gasteiger partial charge is 0.493 e. The quantitative estimate of drug-likeness (QED) is 0.828. The molecule has 0 saturated carbocycles. The highest BCUT2D eigenvalue weighted by Crippen LogP contribution is 2.29. The van der Waals surface area contributed by atoms with E-state index in [-0.39, 0.29) is 12.2 Å². The van der Waals surface area contributed by atoms with Gasteiger partial charge in [-0.05, 0) is 37.6 Å². The molecule has 1 saturated heterocycles. The van der Waals surface area contributed by atoms with Gasteiger partial charge in [0.05, 0.1) is 23.7 Å². The molecule has 0 spiro atoms. The zero-order valence-electron chi connectivity index (χ0n) is 11.7. The van der Waals surface area contributed by atoms with Crippen molar-refractivity contribution >= 4 is 10.0 Å². The number of ether oxygens (including phenoxy) is 2. The molecule has 1 fully saturated rings. The van der Waals surface area contributed by atoms with Gasteiger partial charge in [-0.1, -0.05) is 0 Å². The number of hydrogen-bond donors (Lipinski definition) is 0. The standard InChI is InChI=1S/C14H19NO4S/c1-10-8-15(9-11(2)19-10)20(16,17)13-3-4-14-12(7-13)5-6-18-14/h3-4,7,10-11H,5-6,8-9H2,1-2H3/t10-,11+. The summed E-state index contributed by atoms with van der Waals surface area (Å²) in [6.07, 6.45) is 0.617. The fraction of sp³-hybridized carbons (Fsp3) is 0.571. The first-order valence-electron chi connectivity index (χ1n) is 6.88. The van der Waals surface area contributed by atoms with E-state index in [1.807, 2.05) is 13.8 Å². The molecule has 5 nitrogen and oxygen atoms in total. The van der Waals surface area contributed by atoms with Gasteiger partial charge in [0, 0.05) is 19.5 Å². The monoisotopic (exact) mass is 297 g/mol. The van der Waals surface area contributed by atoms with E-state index in [4.69, 9.17) is 9.47 Å². The average molecular weight is 297 g/mol. The zero-order valence-corrected chi connectivity index (χ0v) is 12.5. The van der Waals surface area contributed by atoms with Crippen molar-refractivity contribution in [1.29, 1.82) is 0 Å². The summed E-state index contributed by atoms with van der Waals surface area (Å²) in [5, 5.41) is 0. The molecule has 2 heterocycles. The van der Waals surface area contributed by atoms with E-state index in [1.54, 1.807) is 18.2 Å². The summed E-state index contributed by atoms with van der Waals surface area (Å²) in [5.74, 6) is 0.799. The highest BCUT2D eigenvalue weighted by atomic mass is 32.2. The van der Waals surface area contributed by atoms with Crippen molar-refractivity contribution in [2.75, 3.05) is 19.7 Å². The molecule has 2 aliphatic heterocycles. The molecule has 20 heavy (non-hydrogen) atoms. The molecule has 3 rings (SSSR count). The first-order valence-corrected chi connectivity index (χ1v) is 8.32. The molecule has 1 aromatic carbocycles. The van der Waals surface area contributed by atoms with Crippen molar-refractivity contribution in [3.8, 4) is 5.75 Å². The number of fused-ring (bicyclic) bond motifs is 1. The van der Waals surface area contributed by atoms with E-state index in [9.17, 15) is 8.42 Å². The molecular formula is C14H19NO4S. The Morgan fingerprint density at radius 1 is 1.20 bits per heavy atom. The van der Waals surface area contributed by atoms with Crippen LogP contribution in [0.25, 0.3) is 0 Å². The summed E-state index contributed by atoms with van der Waals surface area (Å²) in [6.45, 7) is 5.23. The van der Waals surface area contributed by atoms with E-state index >= 15 is 0 Å². The Hall–Kier alpha value is -1.11. The van der Waals surface area contributed by atoms with Crippen LogP contribution in [0.4, 0.5) is 0 Å². The second kappa shape index (κ2) is 5.02. The smallest absolute Gasteiger partial charge is 0.243 e. The molecule has 110 valence electrons. The molecule has 0 aliphatic carbocycles. The Morgan fingerprint density at radius 3 is 2.60 bits per heavy atom. The molecule has 0 bridgehead atoms. The van der Waals surface area contributed by atoms with Gasteiger partial charge in [-0.2, -0.15) is 4.31 Å². The predicted octanol–water partition coefficient (Wildman–Crippen LogP) is 1.42. The Morgan fingerprint density at radius 2 is 1.90 bits per heavy atom. The van der Waals surface area contributed by atoms with Crippen LogP contribution < -0.4 is 4.74 Å². The van der Waals surface area contributed by atoms with E-state index < -0.39 is 10.0 Å². The minimum atomic E-state index is -3.45. The minimum Gasteiger partial charge on any atom is -0.493 e. The van der Waals surface area contributed by atoms with Crippen LogP contribution in [0.2, 0.25) is 0 Å². The normalized spacial score (nSPS) is 27.1. The van der Waals surface area contributed by atoms with Gasteiger partial charge in [-0.25, -0.2) is 8.42 Å². The van der Waals surface area contributed by atoms with Crippen LogP contribution in [0.1, 0.15) is 19.4 Å². The molecule has 0 radical (unpaired) electrons.